The summed E-state index contributed by atoms with van der Waals surface area (Å²) < 4.78 is 4.85. The molecule has 0 bridgehead atoms. The highest BCUT2D eigenvalue weighted by atomic mass is 16.5. The monoisotopic (exact) mass is 154 g/mol. The van der Waals surface area contributed by atoms with Crippen molar-refractivity contribution in [2.24, 2.45) is 5.92 Å². The number of hydrogen-bond donors (Lipinski definition) is 0. The van der Waals surface area contributed by atoms with Gasteiger partial charge < -0.3 is 4.74 Å². The summed E-state index contributed by atoms with van der Waals surface area (Å²) in [6.07, 6.45) is 3.11. The zero-order valence-corrected chi connectivity index (χ0v) is 7.26. The average molecular weight is 154 g/mol. The number of allylic oxidation sites excluding steroid dienone is 3. The molecule has 2 heteroatoms. The minimum atomic E-state index is -0.0267. The molecule has 0 aliphatic carbocycles. The van der Waals surface area contributed by atoms with Crippen LogP contribution >= 0.6 is 0 Å². The lowest BCUT2D eigenvalue weighted by atomic mass is 10.1. The van der Waals surface area contributed by atoms with Gasteiger partial charge >= 0.3 is 0 Å². The minimum absolute atomic E-state index is 0.00685. The minimum Gasteiger partial charge on any atom is -0.493 e. The van der Waals surface area contributed by atoms with Gasteiger partial charge in [0, 0.05) is 5.92 Å². The van der Waals surface area contributed by atoms with E-state index in [9.17, 15) is 4.79 Å². The number of hydrogen-bond acceptors (Lipinski definition) is 2. The van der Waals surface area contributed by atoms with Crippen LogP contribution in [0.1, 0.15) is 13.8 Å². The molecule has 0 fully saturated rings. The van der Waals surface area contributed by atoms with E-state index in [0.29, 0.717) is 5.76 Å². The molecule has 0 aromatic carbocycles. The number of carbonyl (C=O) groups excluding carboxylic acids is 1. The predicted octanol–water partition coefficient (Wildman–Crippen LogP) is 1.93. The summed E-state index contributed by atoms with van der Waals surface area (Å²) in [6, 6.07) is 0. The number of rotatable bonds is 4. The second kappa shape index (κ2) is 4.72. The normalized spacial score (nSPS) is 11.5. The molecule has 0 aliphatic heterocycles. The van der Waals surface area contributed by atoms with Crippen LogP contribution < -0.4 is 0 Å². The molecule has 0 amide bonds. The number of methoxy groups -OCH3 is 1. The first kappa shape index (κ1) is 9.95. The molecule has 11 heavy (non-hydrogen) atoms. The molecule has 62 valence electrons. The highest BCUT2D eigenvalue weighted by Gasteiger charge is 2.12. The Morgan fingerprint density at radius 2 is 2.09 bits per heavy atom. The fourth-order valence-corrected chi connectivity index (χ4v) is 0.642. The van der Waals surface area contributed by atoms with Crippen LogP contribution in [0.5, 0.6) is 0 Å². The second-order valence-corrected chi connectivity index (χ2v) is 2.49. The van der Waals surface area contributed by atoms with Gasteiger partial charge in [0.2, 0.25) is 0 Å². The maximum Gasteiger partial charge on any atom is 0.199 e. The average Bonchev–Trinajstić information content (AvgIpc) is 1.98. The van der Waals surface area contributed by atoms with E-state index in [1.165, 1.54) is 7.11 Å². The van der Waals surface area contributed by atoms with Gasteiger partial charge in [-0.3, -0.25) is 4.79 Å². The van der Waals surface area contributed by atoms with Crippen molar-refractivity contribution in [2.75, 3.05) is 7.11 Å². The van der Waals surface area contributed by atoms with Gasteiger partial charge in [-0.25, -0.2) is 0 Å². The smallest absolute Gasteiger partial charge is 0.199 e. The van der Waals surface area contributed by atoms with Crippen LogP contribution in [0.15, 0.2) is 24.5 Å². The Bertz CT molecular complexity index is 178. The number of carbonyl (C=O) groups is 1. The standard InChI is InChI=1S/C9H14O2/c1-5-6-8(11-4)9(10)7(2)3/h5-7H,1H2,2-4H3/b8-6-. The molecule has 0 N–H and O–H groups in total. The molecule has 0 spiro atoms. The number of ketones is 1. The van der Waals surface area contributed by atoms with Gasteiger partial charge in [-0.05, 0) is 6.08 Å². The first-order valence-corrected chi connectivity index (χ1v) is 3.54. The third-order valence-electron chi connectivity index (χ3n) is 1.26. The lowest BCUT2D eigenvalue weighted by Gasteiger charge is -2.05. The van der Waals surface area contributed by atoms with Crippen LogP contribution in [0.4, 0.5) is 0 Å². The van der Waals surface area contributed by atoms with Crippen molar-refractivity contribution in [2.45, 2.75) is 13.8 Å². The molecule has 0 rings (SSSR count). The van der Waals surface area contributed by atoms with Crippen molar-refractivity contribution in [3.63, 3.8) is 0 Å². The van der Waals surface area contributed by atoms with E-state index in [1.54, 1.807) is 12.2 Å². The van der Waals surface area contributed by atoms with Gasteiger partial charge in [-0.1, -0.05) is 26.5 Å². The molecule has 0 atom stereocenters. The number of Topliss-reactive ketones (excluding diaryl/α,β-unsaturated/α-hetero) is 1. The third kappa shape index (κ3) is 3.03. The second-order valence-electron chi connectivity index (χ2n) is 2.49. The van der Waals surface area contributed by atoms with Crippen molar-refractivity contribution in [1.29, 1.82) is 0 Å². The Morgan fingerprint density at radius 1 is 1.55 bits per heavy atom. The van der Waals surface area contributed by atoms with Gasteiger partial charge in [0.05, 0.1) is 7.11 Å². The maximum atomic E-state index is 11.2. The Kier molecular flexibility index (Phi) is 4.27. The molecule has 0 aromatic rings. The summed E-state index contributed by atoms with van der Waals surface area (Å²) in [7, 11) is 1.48. The number of ether oxygens (including phenoxy) is 1. The molecule has 0 saturated heterocycles. The third-order valence-corrected chi connectivity index (χ3v) is 1.26. The highest BCUT2D eigenvalue weighted by molar-refractivity contribution is 5.95. The van der Waals surface area contributed by atoms with Gasteiger partial charge in [-0.15, -0.1) is 0 Å². The van der Waals surface area contributed by atoms with E-state index < -0.39 is 0 Å². The van der Waals surface area contributed by atoms with Crippen molar-refractivity contribution in [1.82, 2.24) is 0 Å². The predicted molar refractivity (Wildman–Crippen MR) is 45.1 cm³/mol. The Balaban J connectivity index is 4.38. The van der Waals surface area contributed by atoms with Crippen LogP contribution in [0.3, 0.4) is 0 Å². The summed E-state index contributed by atoms with van der Waals surface area (Å²) in [5, 5.41) is 0. The molecule has 0 unspecified atom stereocenters. The zero-order valence-electron chi connectivity index (χ0n) is 7.26. The van der Waals surface area contributed by atoms with Crippen molar-refractivity contribution in [3.05, 3.63) is 24.5 Å². The molecule has 0 radical (unpaired) electrons. The largest absolute Gasteiger partial charge is 0.493 e. The Morgan fingerprint density at radius 3 is 2.36 bits per heavy atom. The van der Waals surface area contributed by atoms with Gasteiger partial charge in [0.25, 0.3) is 0 Å². The van der Waals surface area contributed by atoms with E-state index >= 15 is 0 Å². The Labute approximate surface area is 67.6 Å². The van der Waals surface area contributed by atoms with Crippen molar-refractivity contribution < 1.29 is 9.53 Å². The van der Waals surface area contributed by atoms with E-state index in [2.05, 4.69) is 6.58 Å². The quantitative estimate of drug-likeness (QED) is 0.351. The fourth-order valence-electron chi connectivity index (χ4n) is 0.642. The van der Waals surface area contributed by atoms with E-state index in [1.807, 2.05) is 13.8 Å². The Hall–Kier alpha value is -1.05. The summed E-state index contributed by atoms with van der Waals surface area (Å²) in [4.78, 5) is 11.2. The maximum absolute atomic E-state index is 11.2. The van der Waals surface area contributed by atoms with Crippen molar-refractivity contribution >= 4 is 5.78 Å². The zero-order chi connectivity index (χ0) is 8.85. The van der Waals surface area contributed by atoms with Crippen LogP contribution in [-0.2, 0) is 9.53 Å². The van der Waals surface area contributed by atoms with Crippen LogP contribution in [0, 0.1) is 5.92 Å². The fraction of sp³-hybridized carbons (Fsp3) is 0.444. The van der Waals surface area contributed by atoms with E-state index in [0.717, 1.165) is 0 Å². The van der Waals surface area contributed by atoms with Crippen LogP contribution in [0.2, 0.25) is 0 Å². The summed E-state index contributed by atoms with van der Waals surface area (Å²) in [5.74, 6) is 0.351. The lowest BCUT2D eigenvalue weighted by Crippen LogP contribution is -2.11. The highest BCUT2D eigenvalue weighted by Crippen LogP contribution is 2.06. The molecule has 0 heterocycles. The first-order valence-electron chi connectivity index (χ1n) is 3.54. The first-order chi connectivity index (χ1) is 5.13. The van der Waals surface area contributed by atoms with Crippen molar-refractivity contribution in [3.8, 4) is 0 Å². The lowest BCUT2D eigenvalue weighted by molar-refractivity contribution is -0.121. The summed E-state index contributed by atoms with van der Waals surface area (Å²) in [5.41, 5.74) is 0. The SMILES string of the molecule is C=C/C=C(\OC)C(=O)C(C)C. The van der Waals surface area contributed by atoms with Gasteiger partial charge in [-0.2, -0.15) is 0 Å². The summed E-state index contributed by atoms with van der Waals surface area (Å²) in [6.45, 7) is 7.14. The molecule has 0 saturated carbocycles. The van der Waals surface area contributed by atoms with E-state index in [-0.39, 0.29) is 11.7 Å². The molecule has 0 aliphatic rings. The molecular weight excluding hydrogens is 140 g/mol. The van der Waals surface area contributed by atoms with Gasteiger partial charge in [0.1, 0.15) is 0 Å². The van der Waals surface area contributed by atoms with Crippen LogP contribution in [-0.4, -0.2) is 12.9 Å². The van der Waals surface area contributed by atoms with Gasteiger partial charge in [0.15, 0.2) is 11.5 Å². The molecular formula is C9H14O2. The van der Waals surface area contributed by atoms with Crippen LogP contribution in [0.25, 0.3) is 0 Å². The molecule has 2 nitrogen and oxygen atoms in total. The summed E-state index contributed by atoms with van der Waals surface area (Å²) >= 11 is 0. The molecule has 0 aromatic heterocycles. The topological polar surface area (TPSA) is 26.3 Å². The van der Waals surface area contributed by atoms with E-state index in [4.69, 9.17) is 4.74 Å².